The van der Waals surface area contributed by atoms with Crippen molar-refractivity contribution < 1.29 is 13.2 Å². The highest BCUT2D eigenvalue weighted by atomic mass is 19.4. The van der Waals surface area contributed by atoms with Gasteiger partial charge in [-0.3, -0.25) is 4.98 Å². The Bertz CT molecular complexity index is 328. The van der Waals surface area contributed by atoms with Crippen LogP contribution in [0.1, 0.15) is 16.8 Å². The van der Waals surface area contributed by atoms with Gasteiger partial charge in [-0.1, -0.05) is 6.58 Å². The lowest BCUT2D eigenvalue weighted by Gasteiger charge is -2.09. The van der Waals surface area contributed by atoms with Crippen molar-refractivity contribution in [1.82, 2.24) is 4.98 Å². The first kappa shape index (κ1) is 9.77. The Labute approximate surface area is 73.9 Å². The second-order valence-electron chi connectivity index (χ2n) is 2.65. The van der Waals surface area contributed by atoms with E-state index in [2.05, 4.69) is 11.6 Å². The van der Waals surface area contributed by atoms with Crippen LogP contribution in [-0.2, 0) is 6.18 Å². The van der Waals surface area contributed by atoms with Gasteiger partial charge in [0.1, 0.15) is 0 Å². The molecule has 70 valence electrons. The molecule has 0 saturated heterocycles. The van der Waals surface area contributed by atoms with Crippen molar-refractivity contribution in [3.8, 4) is 0 Å². The van der Waals surface area contributed by atoms with Gasteiger partial charge >= 0.3 is 6.18 Å². The van der Waals surface area contributed by atoms with Crippen LogP contribution < -0.4 is 0 Å². The molecule has 0 aliphatic heterocycles. The molecule has 1 heterocycles. The van der Waals surface area contributed by atoms with Crippen molar-refractivity contribution in [2.24, 2.45) is 0 Å². The first-order valence-corrected chi connectivity index (χ1v) is 3.61. The minimum atomic E-state index is -4.36. The van der Waals surface area contributed by atoms with Gasteiger partial charge in [0.25, 0.3) is 0 Å². The number of pyridine rings is 1. The Morgan fingerprint density at radius 1 is 1.46 bits per heavy atom. The number of alkyl halides is 3. The molecule has 4 heteroatoms. The number of halogens is 3. The molecule has 1 aromatic heterocycles. The highest BCUT2D eigenvalue weighted by Gasteiger charge is 2.33. The molecular formula is C9H8F3N. The summed E-state index contributed by atoms with van der Waals surface area (Å²) in [6.07, 6.45) is -1.88. The first-order valence-electron chi connectivity index (χ1n) is 3.61. The van der Waals surface area contributed by atoms with Gasteiger partial charge in [0.05, 0.1) is 11.3 Å². The minimum absolute atomic E-state index is 0.127. The van der Waals surface area contributed by atoms with E-state index < -0.39 is 11.7 Å². The molecule has 0 fully saturated rings. The third-order valence-electron chi connectivity index (χ3n) is 1.55. The van der Waals surface area contributed by atoms with Gasteiger partial charge in [-0.2, -0.15) is 13.2 Å². The maximum Gasteiger partial charge on any atom is 0.418 e. The number of hydrogen-bond donors (Lipinski definition) is 0. The molecule has 0 spiro atoms. The number of rotatable bonds is 1. The largest absolute Gasteiger partial charge is 0.418 e. The van der Waals surface area contributed by atoms with E-state index in [0.29, 0.717) is 5.56 Å². The smallest absolute Gasteiger partial charge is 0.256 e. The summed E-state index contributed by atoms with van der Waals surface area (Å²) in [4.78, 5) is 3.63. The standard InChI is InChI=1S/C9H8F3N/c1-3-8-7(9(10,11)12)4-6(2)5-13-8/h3-5H,1H2,2H3. The Hall–Kier alpha value is -1.32. The minimum Gasteiger partial charge on any atom is -0.256 e. The molecule has 1 nitrogen and oxygen atoms in total. The lowest BCUT2D eigenvalue weighted by atomic mass is 10.1. The molecule has 0 radical (unpaired) electrons. The van der Waals surface area contributed by atoms with Crippen LogP contribution in [0.3, 0.4) is 0 Å². The Morgan fingerprint density at radius 2 is 2.08 bits per heavy atom. The van der Waals surface area contributed by atoms with Crippen LogP contribution in [0.15, 0.2) is 18.8 Å². The van der Waals surface area contributed by atoms with Gasteiger partial charge in [-0.05, 0) is 24.6 Å². The van der Waals surface area contributed by atoms with Crippen LogP contribution in [0.4, 0.5) is 13.2 Å². The maximum absolute atomic E-state index is 12.3. The van der Waals surface area contributed by atoms with Crippen LogP contribution in [0.2, 0.25) is 0 Å². The van der Waals surface area contributed by atoms with E-state index >= 15 is 0 Å². The second-order valence-corrected chi connectivity index (χ2v) is 2.65. The Balaban J connectivity index is 3.32. The summed E-state index contributed by atoms with van der Waals surface area (Å²) in [5, 5.41) is 0. The highest BCUT2D eigenvalue weighted by Crippen LogP contribution is 2.31. The molecule has 1 rings (SSSR count). The topological polar surface area (TPSA) is 12.9 Å². The summed E-state index contributed by atoms with van der Waals surface area (Å²) in [6.45, 7) is 4.84. The SMILES string of the molecule is C=Cc1ncc(C)cc1C(F)(F)F. The molecule has 0 saturated carbocycles. The van der Waals surface area contributed by atoms with E-state index in [9.17, 15) is 13.2 Å². The number of nitrogens with zero attached hydrogens (tertiary/aromatic N) is 1. The molecular weight excluding hydrogens is 179 g/mol. The van der Waals surface area contributed by atoms with Crippen LogP contribution >= 0.6 is 0 Å². The van der Waals surface area contributed by atoms with Gasteiger partial charge < -0.3 is 0 Å². The molecule has 0 unspecified atom stereocenters. The van der Waals surface area contributed by atoms with Crippen molar-refractivity contribution in [2.75, 3.05) is 0 Å². The average Bonchev–Trinajstić information content (AvgIpc) is 2.03. The second kappa shape index (κ2) is 3.20. The van der Waals surface area contributed by atoms with E-state index in [1.54, 1.807) is 6.92 Å². The van der Waals surface area contributed by atoms with Crippen molar-refractivity contribution >= 4 is 6.08 Å². The predicted octanol–water partition coefficient (Wildman–Crippen LogP) is 3.05. The van der Waals surface area contributed by atoms with Gasteiger partial charge in [0.15, 0.2) is 0 Å². The Kier molecular flexibility index (Phi) is 2.40. The summed E-state index contributed by atoms with van der Waals surface area (Å²) >= 11 is 0. The van der Waals surface area contributed by atoms with Crippen LogP contribution in [0.5, 0.6) is 0 Å². The lowest BCUT2D eigenvalue weighted by molar-refractivity contribution is -0.138. The lowest BCUT2D eigenvalue weighted by Crippen LogP contribution is -2.08. The first-order chi connectivity index (χ1) is 5.95. The van der Waals surface area contributed by atoms with Gasteiger partial charge in [0.2, 0.25) is 0 Å². The van der Waals surface area contributed by atoms with Crippen molar-refractivity contribution in [3.05, 3.63) is 35.7 Å². The fraction of sp³-hybridized carbons (Fsp3) is 0.222. The van der Waals surface area contributed by atoms with E-state index in [1.165, 1.54) is 6.20 Å². The number of aromatic nitrogens is 1. The molecule has 0 aliphatic rings. The molecule has 0 aromatic carbocycles. The fourth-order valence-electron chi connectivity index (χ4n) is 0.969. The normalized spacial score (nSPS) is 11.4. The molecule has 0 aliphatic carbocycles. The van der Waals surface area contributed by atoms with Crippen LogP contribution in [0, 0.1) is 6.92 Å². The molecule has 0 bridgehead atoms. The zero-order valence-electron chi connectivity index (χ0n) is 7.02. The molecule has 0 atom stereocenters. The summed E-state index contributed by atoms with van der Waals surface area (Å²) in [7, 11) is 0. The quantitative estimate of drug-likeness (QED) is 0.658. The molecule has 1 aromatic rings. The van der Waals surface area contributed by atoms with Crippen molar-refractivity contribution in [3.63, 3.8) is 0 Å². The fourth-order valence-corrected chi connectivity index (χ4v) is 0.969. The van der Waals surface area contributed by atoms with Crippen LogP contribution in [0.25, 0.3) is 6.08 Å². The van der Waals surface area contributed by atoms with Crippen LogP contribution in [-0.4, -0.2) is 4.98 Å². The van der Waals surface area contributed by atoms with Gasteiger partial charge in [-0.15, -0.1) is 0 Å². The van der Waals surface area contributed by atoms with Crippen molar-refractivity contribution in [1.29, 1.82) is 0 Å². The highest BCUT2D eigenvalue weighted by molar-refractivity contribution is 5.48. The summed E-state index contributed by atoms with van der Waals surface area (Å²) in [6, 6.07) is 1.06. The van der Waals surface area contributed by atoms with E-state index in [4.69, 9.17) is 0 Å². The zero-order valence-corrected chi connectivity index (χ0v) is 7.02. The number of aryl methyl sites for hydroxylation is 1. The molecule has 0 N–H and O–H groups in total. The summed E-state index contributed by atoms with van der Waals surface area (Å²) < 4.78 is 37.0. The zero-order chi connectivity index (χ0) is 10.1. The van der Waals surface area contributed by atoms with E-state index in [0.717, 1.165) is 12.1 Å². The maximum atomic E-state index is 12.3. The number of hydrogen-bond acceptors (Lipinski definition) is 1. The van der Waals surface area contributed by atoms with E-state index in [1.807, 2.05) is 0 Å². The molecule has 0 amide bonds. The van der Waals surface area contributed by atoms with Gasteiger partial charge in [0, 0.05) is 6.20 Å². The summed E-state index contributed by atoms with van der Waals surface area (Å²) in [5.74, 6) is 0. The third kappa shape index (κ3) is 2.08. The predicted molar refractivity (Wildman–Crippen MR) is 44.1 cm³/mol. The average molecular weight is 187 g/mol. The monoisotopic (exact) mass is 187 g/mol. The van der Waals surface area contributed by atoms with Crippen molar-refractivity contribution in [2.45, 2.75) is 13.1 Å². The molecule has 13 heavy (non-hydrogen) atoms. The van der Waals surface area contributed by atoms with E-state index in [-0.39, 0.29) is 5.69 Å². The van der Waals surface area contributed by atoms with Gasteiger partial charge in [-0.25, -0.2) is 0 Å². The summed E-state index contributed by atoms with van der Waals surface area (Å²) in [5.41, 5.74) is -0.376. The third-order valence-corrected chi connectivity index (χ3v) is 1.55. The Morgan fingerprint density at radius 3 is 2.54 bits per heavy atom.